The average Bonchev–Trinajstić information content (AvgIpc) is 2.29. The second-order valence-corrected chi connectivity index (χ2v) is 7.29. The van der Waals surface area contributed by atoms with Gasteiger partial charge in [0.15, 0.2) is 0 Å². The Balaban J connectivity index is 3.01. The molecular weight excluding hydrogens is 349 g/mol. The standard InChI is InChI=1S/C11H12ClF3N2O2S2/c1-17(5-10(16)20)21(18,19)6-7-2-3-8(4-9(7)12)11(13,14)15/h2-4H,5-6H2,1H3,(H2,16,20). The summed E-state index contributed by atoms with van der Waals surface area (Å²) in [6.07, 6.45) is -4.54. The lowest BCUT2D eigenvalue weighted by Gasteiger charge is -2.17. The number of benzene rings is 1. The van der Waals surface area contributed by atoms with Crippen LogP contribution in [0.2, 0.25) is 5.02 Å². The first-order chi connectivity index (χ1) is 9.43. The average molecular weight is 361 g/mol. The first-order valence-electron chi connectivity index (χ1n) is 5.51. The van der Waals surface area contributed by atoms with E-state index < -0.39 is 27.5 Å². The van der Waals surface area contributed by atoms with Crippen molar-refractivity contribution in [1.82, 2.24) is 4.31 Å². The molecule has 118 valence electrons. The number of nitrogens with two attached hydrogens (primary N) is 1. The third-order valence-electron chi connectivity index (χ3n) is 2.57. The van der Waals surface area contributed by atoms with Crippen molar-refractivity contribution in [3.8, 4) is 0 Å². The van der Waals surface area contributed by atoms with Crippen LogP contribution in [0.15, 0.2) is 18.2 Å². The van der Waals surface area contributed by atoms with Gasteiger partial charge in [-0.2, -0.15) is 17.5 Å². The summed E-state index contributed by atoms with van der Waals surface area (Å²) in [5.74, 6) is -0.539. The molecule has 1 aromatic carbocycles. The molecule has 0 bridgehead atoms. The van der Waals surface area contributed by atoms with Gasteiger partial charge in [-0.1, -0.05) is 29.9 Å². The topological polar surface area (TPSA) is 63.4 Å². The largest absolute Gasteiger partial charge is 0.416 e. The molecule has 0 spiro atoms. The highest BCUT2D eigenvalue weighted by Gasteiger charge is 2.31. The van der Waals surface area contributed by atoms with E-state index in [9.17, 15) is 21.6 Å². The van der Waals surface area contributed by atoms with E-state index in [4.69, 9.17) is 17.3 Å². The Hall–Kier alpha value is -0.900. The fourth-order valence-corrected chi connectivity index (χ4v) is 3.27. The summed E-state index contributed by atoms with van der Waals surface area (Å²) in [6.45, 7) is -0.157. The van der Waals surface area contributed by atoms with Crippen LogP contribution in [0.5, 0.6) is 0 Å². The molecule has 10 heteroatoms. The predicted molar refractivity (Wildman–Crippen MR) is 78.5 cm³/mol. The van der Waals surface area contributed by atoms with Crippen LogP contribution in [0.25, 0.3) is 0 Å². The quantitative estimate of drug-likeness (QED) is 0.819. The van der Waals surface area contributed by atoms with E-state index in [1.54, 1.807) is 0 Å². The second-order valence-electron chi connectivity index (χ2n) is 4.28. The predicted octanol–water partition coefficient (Wildman–Crippen LogP) is 2.41. The van der Waals surface area contributed by atoms with Crippen LogP contribution in [-0.2, 0) is 22.0 Å². The zero-order chi connectivity index (χ0) is 16.4. The first-order valence-corrected chi connectivity index (χ1v) is 7.91. The number of nitrogens with zero attached hydrogens (tertiary/aromatic N) is 1. The Bertz CT molecular complexity index is 647. The number of thiocarbonyl (C=S) groups is 1. The highest BCUT2D eigenvalue weighted by molar-refractivity contribution is 7.88. The smallest absolute Gasteiger partial charge is 0.392 e. The molecule has 4 nitrogen and oxygen atoms in total. The van der Waals surface area contributed by atoms with E-state index in [0.717, 1.165) is 16.4 Å². The van der Waals surface area contributed by atoms with Crippen LogP contribution in [0.3, 0.4) is 0 Å². The SMILES string of the molecule is CN(CC(N)=S)S(=O)(=O)Cc1ccc(C(F)(F)F)cc1Cl. The van der Waals surface area contributed by atoms with Gasteiger partial charge in [-0.05, 0) is 17.7 Å². The van der Waals surface area contributed by atoms with Gasteiger partial charge in [0.2, 0.25) is 10.0 Å². The molecular formula is C11H12ClF3N2O2S2. The van der Waals surface area contributed by atoms with Gasteiger partial charge in [0.25, 0.3) is 0 Å². The van der Waals surface area contributed by atoms with Crippen molar-refractivity contribution < 1.29 is 21.6 Å². The highest BCUT2D eigenvalue weighted by Crippen LogP contribution is 2.32. The molecule has 0 unspecified atom stereocenters. The van der Waals surface area contributed by atoms with Crippen LogP contribution in [0.4, 0.5) is 13.2 Å². The molecule has 1 aromatic rings. The minimum Gasteiger partial charge on any atom is -0.392 e. The maximum Gasteiger partial charge on any atom is 0.416 e. The lowest BCUT2D eigenvalue weighted by molar-refractivity contribution is -0.137. The van der Waals surface area contributed by atoms with Crippen LogP contribution < -0.4 is 5.73 Å². The Morgan fingerprint density at radius 2 is 2.00 bits per heavy atom. The van der Waals surface area contributed by atoms with E-state index in [0.29, 0.717) is 6.07 Å². The summed E-state index contributed by atoms with van der Waals surface area (Å²) in [7, 11) is -2.51. The summed E-state index contributed by atoms with van der Waals surface area (Å²) in [6, 6.07) is 2.52. The van der Waals surface area contributed by atoms with Crippen molar-refractivity contribution in [1.29, 1.82) is 0 Å². The molecule has 0 aliphatic heterocycles. The Kier molecular flexibility index (Phi) is 5.59. The number of likely N-dealkylation sites (N-methyl/N-ethyl adjacent to an activating group) is 1. The van der Waals surface area contributed by atoms with E-state index in [-0.39, 0.29) is 22.1 Å². The second kappa shape index (κ2) is 6.47. The van der Waals surface area contributed by atoms with Gasteiger partial charge in [-0.25, -0.2) is 8.42 Å². The van der Waals surface area contributed by atoms with Gasteiger partial charge in [-0.3, -0.25) is 0 Å². The van der Waals surface area contributed by atoms with Crippen molar-refractivity contribution in [2.24, 2.45) is 5.73 Å². The molecule has 0 heterocycles. The number of rotatable bonds is 5. The van der Waals surface area contributed by atoms with Crippen LogP contribution in [0.1, 0.15) is 11.1 Å². The van der Waals surface area contributed by atoms with Crippen LogP contribution in [0, 0.1) is 0 Å². The summed E-state index contributed by atoms with van der Waals surface area (Å²) in [5.41, 5.74) is 4.38. The molecule has 2 N–H and O–H groups in total. The normalized spacial score (nSPS) is 12.7. The summed E-state index contributed by atoms with van der Waals surface area (Å²) in [4.78, 5) is -0.0143. The van der Waals surface area contributed by atoms with Gasteiger partial charge in [-0.15, -0.1) is 0 Å². The van der Waals surface area contributed by atoms with Crippen LogP contribution in [-0.4, -0.2) is 31.3 Å². The molecule has 0 aromatic heterocycles. The van der Waals surface area contributed by atoms with Gasteiger partial charge in [0.05, 0.1) is 22.8 Å². The zero-order valence-electron chi connectivity index (χ0n) is 10.8. The van der Waals surface area contributed by atoms with Gasteiger partial charge >= 0.3 is 6.18 Å². The first kappa shape index (κ1) is 18.1. The van der Waals surface area contributed by atoms with E-state index in [1.165, 1.54) is 7.05 Å². The Labute approximate surface area is 130 Å². The van der Waals surface area contributed by atoms with Crippen LogP contribution >= 0.6 is 23.8 Å². The van der Waals surface area contributed by atoms with Crippen molar-refractivity contribution in [2.45, 2.75) is 11.9 Å². The van der Waals surface area contributed by atoms with Crippen molar-refractivity contribution >= 4 is 38.8 Å². The molecule has 0 saturated carbocycles. The minimum atomic E-state index is -4.54. The van der Waals surface area contributed by atoms with E-state index in [1.807, 2.05) is 0 Å². The lowest BCUT2D eigenvalue weighted by atomic mass is 10.1. The molecule has 1 rings (SSSR count). The zero-order valence-corrected chi connectivity index (χ0v) is 13.2. The number of halogens is 4. The van der Waals surface area contributed by atoms with Gasteiger partial charge in [0, 0.05) is 12.1 Å². The Morgan fingerprint density at radius 3 is 2.43 bits per heavy atom. The fraction of sp³-hybridized carbons (Fsp3) is 0.364. The molecule has 0 amide bonds. The molecule has 0 radical (unpaired) electrons. The molecule has 0 atom stereocenters. The van der Waals surface area contributed by atoms with Gasteiger partial charge < -0.3 is 5.73 Å². The maximum atomic E-state index is 12.5. The third kappa shape index (κ3) is 5.10. The summed E-state index contributed by atoms with van der Waals surface area (Å²) >= 11 is 10.3. The summed E-state index contributed by atoms with van der Waals surface area (Å²) in [5, 5.41) is -0.267. The van der Waals surface area contributed by atoms with E-state index in [2.05, 4.69) is 12.2 Å². The van der Waals surface area contributed by atoms with Crippen molar-refractivity contribution in [3.05, 3.63) is 34.3 Å². The Morgan fingerprint density at radius 1 is 1.43 bits per heavy atom. The number of hydrogen-bond donors (Lipinski definition) is 1. The maximum absolute atomic E-state index is 12.5. The molecule has 21 heavy (non-hydrogen) atoms. The highest BCUT2D eigenvalue weighted by atomic mass is 35.5. The number of alkyl halides is 3. The molecule has 0 aliphatic carbocycles. The molecule has 0 aliphatic rings. The van der Waals surface area contributed by atoms with Crippen molar-refractivity contribution in [2.75, 3.05) is 13.6 Å². The number of sulfonamides is 1. The monoisotopic (exact) mass is 360 g/mol. The summed E-state index contributed by atoms with van der Waals surface area (Å²) < 4.78 is 62.4. The third-order valence-corrected chi connectivity index (χ3v) is 4.81. The number of hydrogen-bond acceptors (Lipinski definition) is 3. The minimum absolute atomic E-state index is 0.0143. The molecule has 0 saturated heterocycles. The molecule has 0 fully saturated rings. The lowest BCUT2D eigenvalue weighted by Crippen LogP contribution is -2.35. The van der Waals surface area contributed by atoms with Crippen molar-refractivity contribution in [3.63, 3.8) is 0 Å². The van der Waals surface area contributed by atoms with E-state index >= 15 is 0 Å². The van der Waals surface area contributed by atoms with Gasteiger partial charge in [0.1, 0.15) is 0 Å². The fourth-order valence-electron chi connectivity index (χ4n) is 1.47.